The highest BCUT2D eigenvalue weighted by Gasteiger charge is 2.13. The van der Waals surface area contributed by atoms with Crippen LogP contribution in [0.3, 0.4) is 0 Å². The fourth-order valence-corrected chi connectivity index (χ4v) is 1.77. The first-order valence-corrected chi connectivity index (χ1v) is 5.96. The molecule has 1 atom stereocenters. The number of rotatable bonds is 5. The van der Waals surface area contributed by atoms with E-state index in [1.54, 1.807) is 24.3 Å². The molecule has 0 radical (unpaired) electrons. The molecule has 0 saturated carbocycles. The van der Waals surface area contributed by atoms with E-state index in [-0.39, 0.29) is 17.6 Å². The van der Waals surface area contributed by atoms with Gasteiger partial charge in [-0.1, -0.05) is 20.3 Å². The first kappa shape index (κ1) is 13.4. The minimum atomic E-state index is -0.108. The van der Waals surface area contributed by atoms with Gasteiger partial charge in [-0.2, -0.15) is 0 Å². The molecule has 1 rings (SSSR count). The van der Waals surface area contributed by atoms with Crippen molar-refractivity contribution in [2.45, 2.75) is 33.6 Å². The quantitative estimate of drug-likeness (QED) is 0.793. The minimum Gasteiger partial charge on any atom is -0.326 e. The molecule has 3 nitrogen and oxygen atoms in total. The smallest absolute Gasteiger partial charge is 0.221 e. The van der Waals surface area contributed by atoms with Gasteiger partial charge in [0.2, 0.25) is 5.91 Å². The van der Waals surface area contributed by atoms with E-state index in [1.165, 1.54) is 6.92 Å². The Morgan fingerprint density at radius 1 is 1.24 bits per heavy atom. The first-order chi connectivity index (χ1) is 8.04. The number of anilines is 1. The Kier molecular flexibility index (Phi) is 4.88. The van der Waals surface area contributed by atoms with E-state index in [4.69, 9.17) is 0 Å². The molecule has 0 saturated heterocycles. The topological polar surface area (TPSA) is 46.2 Å². The fraction of sp³-hybridized carbons (Fsp3) is 0.429. The van der Waals surface area contributed by atoms with Crippen LogP contribution >= 0.6 is 0 Å². The monoisotopic (exact) mass is 233 g/mol. The number of hydrogen-bond acceptors (Lipinski definition) is 2. The molecule has 0 aromatic heterocycles. The Hall–Kier alpha value is -1.64. The SMILES string of the molecule is CCCC(C)C(=O)c1ccc(NC(C)=O)cc1. The third kappa shape index (κ3) is 4.02. The van der Waals surface area contributed by atoms with Crippen molar-refractivity contribution in [2.75, 3.05) is 5.32 Å². The van der Waals surface area contributed by atoms with Crippen LogP contribution in [-0.2, 0) is 4.79 Å². The average Bonchev–Trinajstić information content (AvgIpc) is 2.28. The highest BCUT2D eigenvalue weighted by molar-refractivity contribution is 5.98. The van der Waals surface area contributed by atoms with Crippen molar-refractivity contribution >= 4 is 17.4 Å². The maximum absolute atomic E-state index is 12.0. The van der Waals surface area contributed by atoms with Gasteiger partial charge in [0.25, 0.3) is 0 Å². The van der Waals surface area contributed by atoms with Gasteiger partial charge in [-0.3, -0.25) is 9.59 Å². The van der Waals surface area contributed by atoms with Gasteiger partial charge < -0.3 is 5.32 Å². The standard InChI is InChI=1S/C14H19NO2/c1-4-5-10(2)14(17)12-6-8-13(9-7-12)15-11(3)16/h6-10H,4-5H2,1-3H3,(H,15,16). The first-order valence-electron chi connectivity index (χ1n) is 5.96. The van der Waals surface area contributed by atoms with Crippen LogP contribution in [0.2, 0.25) is 0 Å². The summed E-state index contributed by atoms with van der Waals surface area (Å²) in [6.07, 6.45) is 1.92. The predicted molar refractivity (Wildman–Crippen MR) is 69.1 cm³/mol. The van der Waals surface area contributed by atoms with Gasteiger partial charge in [0.05, 0.1) is 0 Å². The van der Waals surface area contributed by atoms with E-state index in [0.717, 1.165) is 18.5 Å². The van der Waals surface area contributed by atoms with E-state index < -0.39 is 0 Å². The Bertz CT molecular complexity index is 395. The van der Waals surface area contributed by atoms with E-state index in [0.29, 0.717) is 5.56 Å². The van der Waals surface area contributed by atoms with Crippen LogP contribution in [-0.4, -0.2) is 11.7 Å². The Labute approximate surface area is 102 Å². The van der Waals surface area contributed by atoms with Crippen LogP contribution < -0.4 is 5.32 Å². The number of amides is 1. The number of Topliss-reactive ketones (excluding diaryl/α,β-unsaturated/α-hetero) is 1. The molecule has 1 aromatic carbocycles. The summed E-state index contributed by atoms with van der Waals surface area (Å²) in [5.74, 6) is 0.122. The maximum atomic E-state index is 12.0. The van der Waals surface area contributed by atoms with Crippen LogP contribution in [0.25, 0.3) is 0 Å². The molecule has 17 heavy (non-hydrogen) atoms. The molecule has 0 spiro atoms. The molecule has 3 heteroatoms. The van der Waals surface area contributed by atoms with Crippen LogP contribution in [0.5, 0.6) is 0 Å². The lowest BCUT2D eigenvalue weighted by Crippen LogP contribution is -2.11. The highest BCUT2D eigenvalue weighted by atomic mass is 16.1. The van der Waals surface area contributed by atoms with Crippen LogP contribution in [0.15, 0.2) is 24.3 Å². The van der Waals surface area contributed by atoms with E-state index in [9.17, 15) is 9.59 Å². The largest absolute Gasteiger partial charge is 0.326 e. The summed E-state index contributed by atoms with van der Waals surface area (Å²) in [6, 6.07) is 7.04. The lowest BCUT2D eigenvalue weighted by molar-refractivity contribution is -0.114. The highest BCUT2D eigenvalue weighted by Crippen LogP contribution is 2.16. The second-order valence-electron chi connectivity index (χ2n) is 4.31. The van der Waals surface area contributed by atoms with Crippen LogP contribution in [0.1, 0.15) is 44.0 Å². The zero-order valence-electron chi connectivity index (χ0n) is 10.6. The second-order valence-corrected chi connectivity index (χ2v) is 4.31. The molecule has 0 aliphatic carbocycles. The van der Waals surface area contributed by atoms with Crippen LogP contribution in [0.4, 0.5) is 5.69 Å². The molecular formula is C14H19NO2. The molecule has 1 unspecified atom stereocenters. The fourth-order valence-electron chi connectivity index (χ4n) is 1.77. The summed E-state index contributed by atoms with van der Waals surface area (Å²) in [4.78, 5) is 22.8. The van der Waals surface area contributed by atoms with Gasteiger partial charge >= 0.3 is 0 Å². The molecule has 1 N–H and O–H groups in total. The van der Waals surface area contributed by atoms with Crippen LogP contribution in [0, 0.1) is 5.92 Å². The third-order valence-corrected chi connectivity index (χ3v) is 2.66. The summed E-state index contributed by atoms with van der Waals surface area (Å²) in [5.41, 5.74) is 1.43. The molecular weight excluding hydrogens is 214 g/mol. The Balaban J connectivity index is 2.73. The normalized spacial score (nSPS) is 11.9. The van der Waals surface area contributed by atoms with Gasteiger partial charge in [-0.15, -0.1) is 0 Å². The van der Waals surface area contributed by atoms with Crippen molar-refractivity contribution in [1.82, 2.24) is 0 Å². The summed E-state index contributed by atoms with van der Waals surface area (Å²) >= 11 is 0. The van der Waals surface area contributed by atoms with Crippen molar-refractivity contribution in [3.05, 3.63) is 29.8 Å². The second kappa shape index (κ2) is 6.18. The summed E-state index contributed by atoms with van der Waals surface area (Å²) in [6.45, 7) is 5.49. The van der Waals surface area contributed by atoms with Gasteiger partial charge in [0.1, 0.15) is 0 Å². The number of nitrogens with one attached hydrogen (secondary N) is 1. The zero-order chi connectivity index (χ0) is 12.8. The van der Waals surface area contributed by atoms with Crippen molar-refractivity contribution in [3.8, 4) is 0 Å². The lowest BCUT2D eigenvalue weighted by Gasteiger charge is -2.09. The summed E-state index contributed by atoms with van der Waals surface area (Å²) in [7, 11) is 0. The van der Waals surface area contributed by atoms with E-state index >= 15 is 0 Å². The average molecular weight is 233 g/mol. The molecule has 1 amide bonds. The Morgan fingerprint density at radius 3 is 2.29 bits per heavy atom. The van der Waals surface area contributed by atoms with E-state index in [2.05, 4.69) is 12.2 Å². The molecule has 0 aliphatic rings. The van der Waals surface area contributed by atoms with Gasteiger partial charge in [0.15, 0.2) is 5.78 Å². The molecule has 0 fully saturated rings. The minimum absolute atomic E-state index is 0.0617. The Morgan fingerprint density at radius 2 is 1.82 bits per heavy atom. The summed E-state index contributed by atoms with van der Waals surface area (Å²) in [5, 5.41) is 2.68. The van der Waals surface area contributed by atoms with Gasteiger partial charge in [-0.05, 0) is 30.7 Å². The molecule has 0 bridgehead atoms. The number of ketones is 1. The number of hydrogen-bond donors (Lipinski definition) is 1. The number of carbonyl (C=O) groups excluding carboxylic acids is 2. The van der Waals surface area contributed by atoms with Gasteiger partial charge in [0, 0.05) is 24.1 Å². The number of carbonyl (C=O) groups is 2. The van der Waals surface area contributed by atoms with Crippen molar-refractivity contribution in [2.24, 2.45) is 5.92 Å². The van der Waals surface area contributed by atoms with Crippen molar-refractivity contribution in [3.63, 3.8) is 0 Å². The lowest BCUT2D eigenvalue weighted by atomic mass is 9.95. The third-order valence-electron chi connectivity index (χ3n) is 2.66. The van der Waals surface area contributed by atoms with Gasteiger partial charge in [-0.25, -0.2) is 0 Å². The predicted octanol–water partition coefficient (Wildman–Crippen LogP) is 3.26. The molecule has 0 heterocycles. The molecule has 0 aliphatic heterocycles. The number of benzene rings is 1. The van der Waals surface area contributed by atoms with Crippen molar-refractivity contribution in [1.29, 1.82) is 0 Å². The summed E-state index contributed by atoms with van der Waals surface area (Å²) < 4.78 is 0. The van der Waals surface area contributed by atoms with E-state index in [1.807, 2.05) is 6.92 Å². The molecule has 92 valence electrons. The molecule has 1 aromatic rings. The zero-order valence-corrected chi connectivity index (χ0v) is 10.6. The maximum Gasteiger partial charge on any atom is 0.221 e. The van der Waals surface area contributed by atoms with Crippen molar-refractivity contribution < 1.29 is 9.59 Å².